The van der Waals surface area contributed by atoms with Crippen molar-refractivity contribution in [2.45, 2.75) is 70.8 Å². The van der Waals surface area contributed by atoms with Crippen LogP contribution in [-0.2, 0) is 24.1 Å². The highest BCUT2D eigenvalue weighted by Crippen LogP contribution is 2.30. The fourth-order valence-electron chi connectivity index (χ4n) is 3.84. The van der Waals surface area contributed by atoms with Gasteiger partial charge in [0.1, 0.15) is 12.4 Å². The number of carbonyl (C=O) groups is 1. The van der Waals surface area contributed by atoms with Crippen molar-refractivity contribution < 1.29 is 18.0 Å². The van der Waals surface area contributed by atoms with E-state index in [0.29, 0.717) is 19.3 Å². The molecule has 0 unspecified atom stereocenters. The Morgan fingerprint density at radius 2 is 2.00 bits per heavy atom. The number of anilines is 2. The third-order valence-corrected chi connectivity index (χ3v) is 5.38. The summed E-state index contributed by atoms with van der Waals surface area (Å²) < 4.78 is 40.6. The number of hydrogen-bond acceptors (Lipinski definition) is 5. The van der Waals surface area contributed by atoms with Crippen LogP contribution in [0.5, 0.6) is 0 Å². The second-order valence-corrected chi connectivity index (χ2v) is 7.60. The number of nitrogen functional groups attached to an aromatic ring is 1. The molecule has 1 aliphatic rings. The molecule has 0 radical (unpaired) electrons. The van der Waals surface area contributed by atoms with Gasteiger partial charge in [-0.15, -0.1) is 0 Å². The number of aromatic nitrogens is 4. The fourth-order valence-corrected chi connectivity index (χ4v) is 3.84. The average molecular weight is 442 g/mol. The number of aromatic amines is 1. The molecular weight excluding hydrogens is 417 g/mol. The molecule has 9 nitrogen and oxygen atoms in total. The standard InChI is InChI=1S/C19H25F3N6O3/c1-2-3-9-27-16(23)15(17(30)24-18(27)31)28(12-6-4-5-7-12)14(29)11-26-10-8-13(25-26)19(20,21)22/h8,10,12H,2-7,9,11,23H2,1H3,(H,24,30,31). The van der Waals surface area contributed by atoms with E-state index in [2.05, 4.69) is 10.1 Å². The third kappa shape index (κ3) is 4.83. The Labute approximate surface area is 175 Å². The SMILES string of the molecule is CCCCn1c(N)c(N(C(=O)Cn2ccc(C(F)(F)F)n2)C2CCCC2)c(=O)[nH]c1=O. The summed E-state index contributed by atoms with van der Waals surface area (Å²) in [5.74, 6) is -0.750. The molecule has 3 N–H and O–H groups in total. The molecule has 2 aromatic heterocycles. The summed E-state index contributed by atoms with van der Waals surface area (Å²) in [5, 5.41) is 3.41. The fraction of sp³-hybridized carbons (Fsp3) is 0.579. The van der Waals surface area contributed by atoms with Gasteiger partial charge >= 0.3 is 11.9 Å². The van der Waals surface area contributed by atoms with Crippen molar-refractivity contribution in [3.63, 3.8) is 0 Å². The number of nitrogens with one attached hydrogen (secondary N) is 1. The molecule has 0 aliphatic heterocycles. The first kappa shape index (κ1) is 22.6. The molecule has 0 atom stereocenters. The minimum atomic E-state index is -4.63. The lowest BCUT2D eigenvalue weighted by Gasteiger charge is -2.30. The van der Waals surface area contributed by atoms with Crippen LogP contribution in [0.3, 0.4) is 0 Å². The molecule has 2 aromatic rings. The minimum absolute atomic E-state index is 0.126. The minimum Gasteiger partial charge on any atom is -0.383 e. The molecule has 3 rings (SSSR count). The van der Waals surface area contributed by atoms with Crippen LogP contribution in [-0.4, -0.2) is 31.3 Å². The quantitative estimate of drug-likeness (QED) is 0.681. The van der Waals surface area contributed by atoms with Gasteiger partial charge in [0, 0.05) is 18.8 Å². The Hall–Kier alpha value is -3.05. The Balaban J connectivity index is 2.00. The van der Waals surface area contributed by atoms with E-state index in [4.69, 9.17) is 5.73 Å². The van der Waals surface area contributed by atoms with Crippen LogP contribution in [0, 0.1) is 0 Å². The smallest absolute Gasteiger partial charge is 0.383 e. The Kier molecular flexibility index (Phi) is 6.56. The predicted octanol–water partition coefficient (Wildman–Crippen LogP) is 2.11. The van der Waals surface area contributed by atoms with E-state index in [1.165, 1.54) is 9.47 Å². The van der Waals surface area contributed by atoms with Gasteiger partial charge in [-0.2, -0.15) is 18.3 Å². The zero-order valence-electron chi connectivity index (χ0n) is 17.1. The van der Waals surface area contributed by atoms with E-state index >= 15 is 0 Å². The molecule has 1 saturated carbocycles. The lowest BCUT2D eigenvalue weighted by atomic mass is 10.2. The number of carbonyl (C=O) groups excluding carboxylic acids is 1. The maximum absolute atomic E-state index is 13.2. The van der Waals surface area contributed by atoms with E-state index < -0.39 is 35.6 Å². The van der Waals surface area contributed by atoms with Crippen LogP contribution in [0.4, 0.5) is 24.7 Å². The van der Waals surface area contributed by atoms with E-state index in [1.54, 1.807) is 0 Å². The monoisotopic (exact) mass is 442 g/mol. The van der Waals surface area contributed by atoms with Crippen LogP contribution >= 0.6 is 0 Å². The molecule has 1 aliphatic carbocycles. The molecule has 170 valence electrons. The van der Waals surface area contributed by atoms with Crippen molar-refractivity contribution in [1.29, 1.82) is 0 Å². The zero-order chi connectivity index (χ0) is 22.8. The van der Waals surface area contributed by atoms with E-state index in [0.717, 1.165) is 36.2 Å². The number of alkyl halides is 3. The Bertz CT molecular complexity index is 1050. The van der Waals surface area contributed by atoms with Crippen LogP contribution in [0.2, 0.25) is 0 Å². The molecule has 2 heterocycles. The molecule has 0 saturated heterocycles. The van der Waals surface area contributed by atoms with Gasteiger partial charge < -0.3 is 5.73 Å². The number of H-pyrrole nitrogens is 1. The van der Waals surface area contributed by atoms with Gasteiger partial charge in [0.05, 0.1) is 0 Å². The number of unbranched alkanes of at least 4 members (excludes halogenated alkanes) is 1. The number of halogens is 3. The molecule has 1 amide bonds. The summed E-state index contributed by atoms with van der Waals surface area (Å²) in [7, 11) is 0. The lowest BCUT2D eigenvalue weighted by Crippen LogP contribution is -2.46. The second-order valence-electron chi connectivity index (χ2n) is 7.60. The maximum Gasteiger partial charge on any atom is 0.435 e. The highest BCUT2D eigenvalue weighted by atomic mass is 19.4. The number of nitrogens with two attached hydrogens (primary N) is 1. The summed E-state index contributed by atoms with van der Waals surface area (Å²) in [6.07, 6.45) is 0.757. The van der Waals surface area contributed by atoms with Crippen molar-refractivity contribution in [3.05, 3.63) is 38.8 Å². The molecule has 0 bridgehead atoms. The van der Waals surface area contributed by atoms with Crippen molar-refractivity contribution >= 4 is 17.4 Å². The first-order valence-electron chi connectivity index (χ1n) is 10.2. The average Bonchev–Trinajstić information content (AvgIpc) is 3.36. The van der Waals surface area contributed by atoms with Crippen LogP contribution in [0.1, 0.15) is 51.1 Å². The van der Waals surface area contributed by atoms with Gasteiger partial charge in [-0.1, -0.05) is 26.2 Å². The summed E-state index contributed by atoms with van der Waals surface area (Å²) in [5.41, 5.74) is 3.44. The van der Waals surface area contributed by atoms with Gasteiger partial charge in [0.2, 0.25) is 5.91 Å². The summed E-state index contributed by atoms with van der Waals surface area (Å²) in [6, 6.07) is 0.435. The van der Waals surface area contributed by atoms with Crippen molar-refractivity contribution in [1.82, 2.24) is 19.3 Å². The number of rotatable bonds is 7. The van der Waals surface area contributed by atoms with Gasteiger partial charge in [-0.3, -0.25) is 28.7 Å². The molecule has 31 heavy (non-hydrogen) atoms. The number of hydrogen-bond donors (Lipinski definition) is 2. The summed E-state index contributed by atoms with van der Waals surface area (Å²) >= 11 is 0. The van der Waals surface area contributed by atoms with Crippen molar-refractivity contribution in [3.8, 4) is 0 Å². The first-order valence-corrected chi connectivity index (χ1v) is 10.2. The number of nitrogens with zero attached hydrogens (tertiary/aromatic N) is 4. The molecule has 12 heteroatoms. The third-order valence-electron chi connectivity index (χ3n) is 5.38. The van der Waals surface area contributed by atoms with Crippen molar-refractivity contribution in [2.24, 2.45) is 0 Å². The summed E-state index contributed by atoms with van der Waals surface area (Å²) in [6.45, 7) is 1.70. The zero-order valence-corrected chi connectivity index (χ0v) is 17.1. The highest BCUT2D eigenvalue weighted by Gasteiger charge is 2.35. The van der Waals surface area contributed by atoms with Gasteiger partial charge in [-0.05, 0) is 25.3 Å². The van der Waals surface area contributed by atoms with Gasteiger partial charge in [0.25, 0.3) is 5.56 Å². The largest absolute Gasteiger partial charge is 0.435 e. The molecular formula is C19H25F3N6O3. The van der Waals surface area contributed by atoms with Gasteiger partial charge in [0.15, 0.2) is 11.4 Å². The maximum atomic E-state index is 13.2. The molecule has 0 aromatic carbocycles. The second kappa shape index (κ2) is 8.98. The topological polar surface area (TPSA) is 119 Å². The van der Waals surface area contributed by atoms with E-state index in [1.807, 2.05) is 6.92 Å². The summed E-state index contributed by atoms with van der Waals surface area (Å²) in [4.78, 5) is 41.5. The Morgan fingerprint density at radius 1 is 1.32 bits per heavy atom. The van der Waals surface area contributed by atoms with E-state index in [-0.39, 0.29) is 24.1 Å². The molecule has 0 spiro atoms. The van der Waals surface area contributed by atoms with Crippen LogP contribution in [0.25, 0.3) is 0 Å². The Morgan fingerprint density at radius 3 is 2.58 bits per heavy atom. The van der Waals surface area contributed by atoms with Crippen LogP contribution in [0.15, 0.2) is 21.9 Å². The van der Waals surface area contributed by atoms with Gasteiger partial charge in [-0.25, -0.2) is 4.79 Å². The predicted molar refractivity (Wildman–Crippen MR) is 108 cm³/mol. The normalized spacial score (nSPS) is 14.8. The highest BCUT2D eigenvalue weighted by molar-refractivity contribution is 5.96. The van der Waals surface area contributed by atoms with E-state index in [9.17, 15) is 27.6 Å². The lowest BCUT2D eigenvalue weighted by molar-refractivity contribution is -0.141. The van der Waals surface area contributed by atoms with Crippen molar-refractivity contribution in [2.75, 3.05) is 10.6 Å². The number of amides is 1. The molecule has 1 fully saturated rings. The first-order chi connectivity index (χ1) is 14.6. The van der Waals surface area contributed by atoms with Crippen LogP contribution < -0.4 is 21.9 Å².